The van der Waals surface area contributed by atoms with Gasteiger partial charge in [0.15, 0.2) is 0 Å². The van der Waals surface area contributed by atoms with Gasteiger partial charge in [0, 0.05) is 11.1 Å². The van der Waals surface area contributed by atoms with Crippen molar-refractivity contribution in [2.24, 2.45) is 0 Å². The fraction of sp³-hybridized carbons (Fsp3) is 0.667. The maximum atomic E-state index is 4.32. The molecule has 0 atom stereocenters. The monoisotopic (exact) mass is 152 g/mol. The molecule has 1 aromatic heterocycles. The van der Waals surface area contributed by atoms with Crippen molar-refractivity contribution >= 4 is 0 Å². The second-order valence-electron chi connectivity index (χ2n) is 4.03. The summed E-state index contributed by atoms with van der Waals surface area (Å²) in [5.41, 5.74) is 2.55. The number of nitrogens with zero attached hydrogens (tertiary/aromatic N) is 1. The Morgan fingerprint density at radius 3 is 1.91 bits per heavy atom. The Kier molecular flexibility index (Phi) is 1.78. The van der Waals surface area contributed by atoms with Gasteiger partial charge in [0.25, 0.3) is 0 Å². The molecular weight excluding hydrogens is 136 g/mol. The topological polar surface area (TPSA) is 28.7 Å². The van der Waals surface area contributed by atoms with Gasteiger partial charge in [0.2, 0.25) is 0 Å². The van der Waals surface area contributed by atoms with Crippen LogP contribution < -0.4 is 0 Å². The van der Waals surface area contributed by atoms with Gasteiger partial charge in [-0.3, -0.25) is 0 Å². The van der Waals surface area contributed by atoms with Crippen LogP contribution in [0, 0.1) is 13.8 Å². The molecule has 0 saturated carbocycles. The zero-order chi connectivity index (χ0) is 8.65. The summed E-state index contributed by atoms with van der Waals surface area (Å²) in [4.78, 5) is 7.60. The molecule has 2 nitrogen and oxygen atoms in total. The zero-order valence-corrected chi connectivity index (χ0v) is 7.95. The number of imidazole rings is 1. The summed E-state index contributed by atoms with van der Waals surface area (Å²) in [7, 11) is 0. The largest absolute Gasteiger partial charge is 0.345 e. The second-order valence-corrected chi connectivity index (χ2v) is 4.03. The molecule has 1 rings (SSSR count). The highest BCUT2D eigenvalue weighted by molar-refractivity contribution is 5.20. The maximum absolute atomic E-state index is 4.32. The van der Waals surface area contributed by atoms with Crippen LogP contribution in [0.15, 0.2) is 0 Å². The minimum Gasteiger partial charge on any atom is -0.345 e. The van der Waals surface area contributed by atoms with E-state index >= 15 is 0 Å². The van der Waals surface area contributed by atoms with Gasteiger partial charge in [-0.25, -0.2) is 4.98 Å². The van der Waals surface area contributed by atoms with Crippen LogP contribution in [-0.2, 0) is 5.41 Å². The number of hydrogen-bond acceptors (Lipinski definition) is 1. The Morgan fingerprint density at radius 1 is 1.18 bits per heavy atom. The zero-order valence-electron chi connectivity index (χ0n) is 7.95. The van der Waals surface area contributed by atoms with Gasteiger partial charge < -0.3 is 4.98 Å². The summed E-state index contributed by atoms with van der Waals surface area (Å²) in [5, 5.41) is 0. The smallest absolute Gasteiger partial charge is 0.103 e. The molecule has 0 aliphatic rings. The molecule has 0 bridgehead atoms. The van der Waals surface area contributed by atoms with Crippen LogP contribution in [0.1, 0.15) is 38.0 Å². The molecule has 11 heavy (non-hydrogen) atoms. The highest BCUT2D eigenvalue weighted by atomic mass is 14.9. The Hall–Kier alpha value is -0.790. The van der Waals surface area contributed by atoms with Crippen LogP contribution in [0.5, 0.6) is 0 Å². The number of hydrogen-bond donors (Lipinski definition) is 1. The van der Waals surface area contributed by atoms with Gasteiger partial charge in [-0.05, 0) is 13.8 Å². The first-order chi connectivity index (χ1) is 4.91. The summed E-state index contributed by atoms with van der Waals surface area (Å²) >= 11 is 0. The molecule has 0 fully saturated rings. The molecule has 0 radical (unpaired) electrons. The summed E-state index contributed by atoms with van der Waals surface area (Å²) in [6, 6.07) is 0. The molecule has 2 heteroatoms. The van der Waals surface area contributed by atoms with Gasteiger partial charge in [0.05, 0.1) is 5.69 Å². The predicted molar refractivity (Wildman–Crippen MR) is 46.8 cm³/mol. The lowest BCUT2D eigenvalue weighted by molar-refractivity contribution is 0.567. The van der Waals surface area contributed by atoms with E-state index in [4.69, 9.17) is 0 Å². The van der Waals surface area contributed by atoms with E-state index in [-0.39, 0.29) is 5.41 Å². The Labute approximate surface area is 68.0 Å². The highest BCUT2D eigenvalue weighted by Crippen LogP contribution is 2.22. The summed E-state index contributed by atoms with van der Waals surface area (Å²) < 4.78 is 0. The molecule has 0 aliphatic carbocycles. The fourth-order valence-electron chi connectivity index (χ4n) is 1.34. The molecule has 1 N–H and O–H groups in total. The average Bonchev–Trinajstić information content (AvgIpc) is 2.08. The number of aryl methyl sites for hydroxylation is 2. The van der Waals surface area contributed by atoms with Crippen LogP contribution in [0.25, 0.3) is 0 Å². The van der Waals surface area contributed by atoms with E-state index in [1.807, 2.05) is 13.8 Å². The van der Waals surface area contributed by atoms with Gasteiger partial charge in [-0.2, -0.15) is 0 Å². The van der Waals surface area contributed by atoms with Crippen molar-refractivity contribution < 1.29 is 0 Å². The Balaban J connectivity index is 3.13. The summed E-state index contributed by atoms with van der Waals surface area (Å²) in [5.74, 6) is 1.01. The maximum Gasteiger partial charge on any atom is 0.103 e. The van der Waals surface area contributed by atoms with E-state index in [0.29, 0.717) is 0 Å². The first-order valence-electron chi connectivity index (χ1n) is 3.95. The van der Waals surface area contributed by atoms with E-state index < -0.39 is 0 Å². The van der Waals surface area contributed by atoms with E-state index in [9.17, 15) is 0 Å². The van der Waals surface area contributed by atoms with Crippen molar-refractivity contribution in [1.29, 1.82) is 0 Å². The molecule has 62 valence electrons. The molecule has 0 aliphatic heterocycles. The first-order valence-corrected chi connectivity index (χ1v) is 3.95. The van der Waals surface area contributed by atoms with Crippen molar-refractivity contribution in [1.82, 2.24) is 9.97 Å². The van der Waals surface area contributed by atoms with Crippen LogP contribution in [-0.4, -0.2) is 9.97 Å². The summed E-state index contributed by atoms with van der Waals surface area (Å²) in [6.45, 7) is 10.6. The minimum absolute atomic E-state index is 0.186. The normalized spacial score (nSPS) is 12.1. The van der Waals surface area contributed by atoms with E-state index in [0.717, 1.165) is 11.5 Å². The van der Waals surface area contributed by atoms with E-state index in [1.54, 1.807) is 0 Å². The molecule has 0 unspecified atom stereocenters. The highest BCUT2D eigenvalue weighted by Gasteiger charge is 2.18. The number of rotatable bonds is 0. The van der Waals surface area contributed by atoms with Crippen LogP contribution in [0.2, 0.25) is 0 Å². The van der Waals surface area contributed by atoms with Crippen LogP contribution in [0.4, 0.5) is 0 Å². The third kappa shape index (κ3) is 1.62. The van der Waals surface area contributed by atoms with Crippen molar-refractivity contribution in [2.75, 3.05) is 0 Å². The number of nitrogens with one attached hydrogen (secondary N) is 1. The summed E-state index contributed by atoms with van der Waals surface area (Å²) in [6.07, 6.45) is 0. The molecule has 0 aromatic carbocycles. The lowest BCUT2D eigenvalue weighted by Crippen LogP contribution is -2.13. The third-order valence-corrected chi connectivity index (χ3v) is 1.75. The van der Waals surface area contributed by atoms with Gasteiger partial charge in [-0.15, -0.1) is 0 Å². The van der Waals surface area contributed by atoms with Gasteiger partial charge >= 0.3 is 0 Å². The lowest BCUT2D eigenvalue weighted by atomic mass is 9.91. The van der Waals surface area contributed by atoms with Gasteiger partial charge in [0.1, 0.15) is 5.82 Å². The van der Waals surface area contributed by atoms with Crippen molar-refractivity contribution in [2.45, 2.75) is 40.0 Å². The fourth-order valence-corrected chi connectivity index (χ4v) is 1.34. The van der Waals surface area contributed by atoms with E-state index in [2.05, 4.69) is 30.7 Å². The van der Waals surface area contributed by atoms with Crippen molar-refractivity contribution in [3.8, 4) is 0 Å². The lowest BCUT2D eigenvalue weighted by Gasteiger charge is -2.16. The predicted octanol–water partition coefficient (Wildman–Crippen LogP) is 2.32. The minimum atomic E-state index is 0.186. The molecule has 1 aromatic rings. The molecule has 1 heterocycles. The van der Waals surface area contributed by atoms with Crippen LogP contribution in [0.3, 0.4) is 0 Å². The van der Waals surface area contributed by atoms with Crippen molar-refractivity contribution in [3.05, 3.63) is 17.2 Å². The standard InChI is InChI=1S/C9H16N2/c1-6-8(9(3,4)5)11-7(2)10-6/h1-5H3,(H,10,11). The molecule has 0 saturated heterocycles. The Morgan fingerprint density at radius 2 is 1.73 bits per heavy atom. The molecule has 0 spiro atoms. The Bertz CT molecular complexity index is 253. The average molecular weight is 152 g/mol. The number of aromatic nitrogens is 2. The van der Waals surface area contributed by atoms with Crippen LogP contribution >= 0.6 is 0 Å². The first kappa shape index (κ1) is 8.31. The number of H-pyrrole nitrogens is 1. The second kappa shape index (κ2) is 2.36. The number of aromatic amines is 1. The quantitative estimate of drug-likeness (QED) is 0.607. The van der Waals surface area contributed by atoms with E-state index in [1.165, 1.54) is 5.69 Å². The van der Waals surface area contributed by atoms with Crippen molar-refractivity contribution in [3.63, 3.8) is 0 Å². The SMILES string of the molecule is Cc1nc(C)c(C(C)(C)C)[nH]1. The molecular formula is C9H16N2. The molecule has 0 amide bonds. The third-order valence-electron chi connectivity index (χ3n) is 1.75. The van der Waals surface area contributed by atoms with Gasteiger partial charge in [-0.1, -0.05) is 20.8 Å².